The molecule has 1 aromatic heterocycles. The molecular formula is C20H14Cl3F3N4O4. The van der Waals surface area contributed by atoms with E-state index >= 15 is 0 Å². The first-order valence-electron chi connectivity index (χ1n) is 9.37. The lowest BCUT2D eigenvalue weighted by atomic mass is 10.2. The molecule has 0 spiro atoms. The molecule has 34 heavy (non-hydrogen) atoms. The van der Waals surface area contributed by atoms with Crippen LogP contribution in [0.3, 0.4) is 0 Å². The number of nitrogens with zero attached hydrogens (tertiary/aromatic N) is 3. The van der Waals surface area contributed by atoms with Crippen LogP contribution in [0.4, 0.5) is 24.5 Å². The van der Waals surface area contributed by atoms with E-state index in [-0.39, 0.29) is 46.6 Å². The highest BCUT2D eigenvalue weighted by Gasteiger charge is 2.38. The summed E-state index contributed by atoms with van der Waals surface area (Å²) in [4.78, 5) is 23.0. The minimum Gasteiger partial charge on any atom is -0.455 e. The number of hydrogen-bond acceptors (Lipinski definition) is 5. The Morgan fingerprint density at radius 3 is 2.50 bits per heavy atom. The van der Waals surface area contributed by atoms with Gasteiger partial charge in [-0.1, -0.05) is 34.8 Å². The quantitative estimate of drug-likeness (QED) is 0.261. The summed E-state index contributed by atoms with van der Waals surface area (Å²) in [6, 6.07) is 7.96. The third-order valence-corrected chi connectivity index (χ3v) is 5.44. The third kappa shape index (κ3) is 6.10. The zero-order valence-corrected chi connectivity index (χ0v) is 19.4. The van der Waals surface area contributed by atoms with Crippen LogP contribution in [0.2, 0.25) is 15.1 Å². The molecule has 0 aliphatic rings. The lowest BCUT2D eigenvalue weighted by Gasteiger charge is -2.11. The van der Waals surface area contributed by atoms with Crippen LogP contribution in [-0.2, 0) is 17.5 Å². The highest BCUT2D eigenvalue weighted by molar-refractivity contribution is 6.35. The fourth-order valence-corrected chi connectivity index (χ4v) is 3.55. The summed E-state index contributed by atoms with van der Waals surface area (Å²) in [5.41, 5.74) is -1.53. The van der Waals surface area contributed by atoms with Gasteiger partial charge in [0.1, 0.15) is 11.5 Å². The van der Waals surface area contributed by atoms with Crippen molar-refractivity contribution in [1.82, 2.24) is 9.78 Å². The second-order valence-electron chi connectivity index (χ2n) is 6.92. The summed E-state index contributed by atoms with van der Waals surface area (Å²) >= 11 is 17.6. The van der Waals surface area contributed by atoms with Gasteiger partial charge in [-0.3, -0.25) is 19.6 Å². The van der Waals surface area contributed by atoms with E-state index in [2.05, 4.69) is 10.4 Å². The number of carbonyl (C=O) groups excluding carboxylic acids is 1. The standard InChI is InChI=1S/C20H14Cl3F3N4O4/c1-10-18(23)19(20(24,25)26)28-29(10)5-4-17(31)27-12-7-13(30(32)33)9-14(8-12)34-16-3-2-11(21)6-15(16)22/h2-3,6-9H,4-5H2,1H3,(H,27,31). The summed E-state index contributed by atoms with van der Waals surface area (Å²) in [6.07, 6.45) is -5.01. The van der Waals surface area contributed by atoms with Crippen molar-refractivity contribution in [2.45, 2.75) is 26.1 Å². The Kier molecular flexibility index (Phi) is 7.59. The molecule has 2 aromatic carbocycles. The first-order chi connectivity index (χ1) is 15.8. The Balaban J connectivity index is 1.76. The average Bonchev–Trinajstić information content (AvgIpc) is 3.03. The average molecular weight is 538 g/mol. The normalized spacial score (nSPS) is 11.4. The number of nitrogens with one attached hydrogen (secondary N) is 1. The van der Waals surface area contributed by atoms with Crippen molar-refractivity contribution in [3.05, 3.63) is 73.0 Å². The Hall–Kier alpha value is -3.02. The minimum atomic E-state index is -4.73. The monoisotopic (exact) mass is 536 g/mol. The van der Waals surface area contributed by atoms with Gasteiger partial charge in [-0.05, 0) is 25.1 Å². The predicted octanol–water partition coefficient (Wildman–Crippen LogP) is 6.90. The molecule has 0 aliphatic heterocycles. The molecule has 14 heteroatoms. The van der Waals surface area contributed by atoms with Crippen molar-refractivity contribution < 1.29 is 27.6 Å². The molecule has 8 nitrogen and oxygen atoms in total. The van der Waals surface area contributed by atoms with Gasteiger partial charge in [0.15, 0.2) is 5.69 Å². The van der Waals surface area contributed by atoms with Gasteiger partial charge in [-0.25, -0.2) is 0 Å². The van der Waals surface area contributed by atoms with Crippen molar-refractivity contribution in [1.29, 1.82) is 0 Å². The highest BCUT2D eigenvalue weighted by Crippen LogP contribution is 2.36. The number of amides is 1. The van der Waals surface area contributed by atoms with Crippen molar-refractivity contribution >= 4 is 52.1 Å². The smallest absolute Gasteiger partial charge is 0.436 e. The van der Waals surface area contributed by atoms with Crippen LogP contribution in [0.25, 0.3) is 0 Å². The van der Waals surface area contributed by atoms with E-state index in [1.807, 2.05) is 0 Å². The van der Waals surface area contributed by atoms with Crippen LogP contribution in [-0.4, -0.2) is 20.6 Å². The number of aryl methyl sites for hydroxylation is 1. The number of ether oxygens (including phenoxy) is 1. The number of nitro benzene ring substituents is 1. The molecule has 0 atom stereocenters. The number of non-ortho nitro benzene ring substituents is 1. The zero-order chi connectivity index (χ0) is 25.2. The van der Waals surface area contributed by atoms with Crippen LogP contribution >= 0.6 is 34.8 Å². The first kappa shape index (κ1) is 25.6. The van der Waals surface area contributed by atoms with Crippen LogP contribution in [0.5, 0.6) is 11.5 Å². The molecule has 1 N–H and O–H groups in total. The Bertz CT molecular complexity index is 1260. The molecule has 0 aliphatic carbocycles. The van der Waals surface area contributed by atoms with E-state index < -0.39 is 27.7 Å². The molecule has 0 unspecified atom stereocenters. The van der Waals surface area contributed by atoms with Gasteiger partial charge in [0.05, 0.1) is 39.0 Å². The summed E-state index contributed by atoms with van der Waals surface area (Å²) in [6.45, 7) is 1.14. The number of benzene rings is 2. The van der Waals surface area contributed by atoms with E-state index in [1.54, 1.807) is 0 Å². The van der Waals surface area contributed by atoms with Gasteiger partial charge >= 0.3 is 6.18 Å². The van der Waals surface area contributed by atoms with Gasteiger partial charge in [0, 0.05) is 23.6 Å². The van der Waals surface area contributed by atoms with E-state index in [9.17, 15) is 28.1 Å². The molecule has 0 saturated carbocycles. The lowest BCUT2D eigenvalue weighted by Crippen LogP contribution is -2.16. The molecule has 1 heterocycles. The topological polar surface area (TPSA) is 99.3 Å². The number of halogens is 6. The van der Waals surface area contributed by atoms with Crippen LogP contribution in [0.1, 0.15) is 17.8 Å². The number of hydrogen-bond donors (Lipinski definition) is 1. The fourth-order valence-electron chi connectivity index (χ4n) is 2.86. The Morgan fingerprint density at radius 2 is 1.91 bits per heavy atom. The van der Waals surface area contributed by atoms with Gasteiger partial charge in [-0.15, -0.1) is 0 Å². The maximum absolute atomic E-state index is 12.9. The van der Waals surface area contributed by atoms with Crippen molar-refractivity contribution in [3.8, 4) is 11.5 Å². The number of alkyl halides is 3. The van der Waals surface area contributed by atoms with E-state index in [0.717, 1.165) is 16.8 Å². The molecular weight excluding hydrogens is 524 g/mol. The molecule has 3 rings (SSSR count). The van der Waals surface area contributed by atoms with Crippen LogP contribution in [0.15, 0.2) is 36.4 Å². The maximum Gasteiger partial charge on any atom is 0.436 e. The van der Waals surface area contributed by atoms with Crippen LogP contribution < -0.4 is 10.1 Å². The second kappa shape index (κ2) is 10.1. The molecule has 0 saturated heterocycles. The molecule has 0 bridgehead atoms. The van der Waals surface area contributed by atoms with Gasteiger partial charge < -0.3 is 10.1 Å². The summed E-state index contributed by atoms with van der Waals surface area (Å²) in [7, 11) is 0. The SMILES string of the molecule is Cc1c(Cl)c(C(F)(F)F)nn1CCC(=O)Nc1cc(Oc2ccc(Cl)cc2Cl)cc([N+](=O)[O-])c1. The number of rotatable bonds is 7. The van der Waals surface area contributed by atoms with E-state index in [4.69, 9.17) is 39.5 Å². The molecule has 0 radical (unpaired) electrons. The third-order valence-electron chi connectivity index (χ3n) is 4.46. The molecule has 1 amide bonds. The van der Waals surface area contributed by atoms with E-state index in [0.29, 0.717) is 5.02 Å². The lowest BCUT2D eigenvalue weighted by molar-refractivity contribution is -0.384. The van der Waals surface area contributed by atoms with E-state index in [1.165, 1.54) is 31.2 Å². The van der Waals surface area contributed by atoms with Crippen molar-refractivity contribution in [2.75, 3.05) is 5.32 Å². The Labute approximate surface area is 205 Å². The number of anilines is 1. The highest BCUT2D eigenvalue weighted by atomic mass is 35.5. The minimum absolute atomic E-state index is 0.0123. The van der Waals surface area contributed by atoms with Gasteiger partial charge in [0.25, 0.3) is 5.69 Å². The predicted molar refractivity (Wildman–Crippen MR) is 120 cm³/mol. The maximum atomic E-state index is 12.9. The van der Waals surface area contributed by atoms with Crippen LogP contribution in [0, 0.1) is 17.0 Å². The summed E-state index contributed by atoms with van der Waals surface area (Å²) in [5, 5.41) is 17.1. The van der Waals surface area contributed by atoms with Crippen molar-refractivity contribution in [3.63, 3.8) is 0 Å². The number of aromatic nitrogens is 2. The molecule has 3 aromatic rings. The fraction of sp³-hybridized carbons (Fsp3) is 0.200. The Morgan fingerprint density at radius 1 is 1.21 bits per heavy atom. The van der Waals surface area contributed by atoms with Gasteiger partial charge in [0.2, 0.25) is 5.91 Å². The van der Waals surface area contributed by atoms with Crippen molar-refractivity contribution in [2.24, 2.45) is 0 Å². The summed E-state index contributed by atoms with van der Waals surface area (Å²) < 4.78 is 45.4. The first-order valence-corrected chi connectivity index (χ1v) is 10.5. The number of nitro groups is 1. The summed E-state index contributed by atoms with van der Waals surface area (Å²) in [5.74, 6) is -0.441. The van der Waals surface area contributed by atoms with Gasteiger partial charge in [-0.2, -0.15) is 18.3 Å². The molecule has 0 fully saturated rings. The number of carbonyl (C=O) groups is 1. The second-order valence-corrected chi connectivity index (χ2v) is 8.14. The largest absolute Gasteiger partial charge is 0.455 e. The zero-order valence-electron chi connectivity index (χ0n) is 17.1. The molecule has 180 valence electrons.